The molecule has 0 saturated carbocycles. The summed E-state index contributed by atoms with van der Waals surface area (Å²) in [7, 11) is -3.78. The number of benzene rings is 2. The smallest absolute Gasteiger partial charge is 0.321 e. The number of nitrogens with one attached hydrogen (secondary N) is 1. The fraction of sp³-hybridized carbons (Fsp3) is 0.381. The molecule has 1 aliphatic carbocycles. The van der Waals surface area contributed by atoms with Gasteiger partial charge in [-0.05, 0) is 72.9 Å². The Hall–Kier alpha value is -2.38. The summed E-state index contributed by atoms with van der Waals surface area (Å²) in [5.74, 6) is 0. The van der Waals surface area contributed by atoms with Crippen molar-refractivity contribution in [1.82, 2.24) is 4.90 Å². The number of nitrogens with zero attached hydrogens (tertiary/aromatic N) is 1. The third-order valence-corrected chi connectivity index (χ3v) is 7.10. The van der Waals surface area contributed by atoms with E-state index in [1.54, 1.807) is 19.9 Å². The van der Waals surface area contributed by atoms with E-state index in [1.165, 1.54) is 17.2 Å². The van der Waals surface area contributed by atoms with Crippen molar-refractivity contribution in [3.63, 3.8) is 0 Å². The zero-order valence-corrected chi connectivity index (χ0v) is 17.0. The summed E-state index contributed by atoms with van der Waals surface area (Å²) < 4.78 is 23.3. The predicted molar refractivity (Wildman–Crippen MR) is 109 cm³/mol. The molecule has 0 aromatic heterocycles. The minimum atomic E-state index is -3.78. The van der Waals surface area contributed by atoms with E-state index >= 15 is 0 Å². The quantitative estimate of drug-likeness (QED) is 0.813. The van der Waals surface area contributed by atoms with Crippen molar-refractivity contribution in [3.8, 4) is 0 Å². The molecule has 148 valence electrons. The third-order valence-electron chi connectivity index (χ3n) is 6.04. The minimum absolute atomic E-state index is 0.0897. The number of likely N-dealkylation sites (tertiary alicyclic amines) is 1. The first-order valence-electron chi connectivity index (χ1n) is 9.44. The van der Waals surface area contributed by atoms with Crippen LogP contribution < -0.4 is 10.5 Å². The number of aryl methyl sites for hydroxylation is 2. The summed E-state index contributed by atoms with van der Waals surface area (Å²) in [5, 5.41) is 8.21. The van der Waals surface area contributed by atoms with E-state index in [1.807, 2.05) is 4.90 Å². The van der Waals surface area contributed by atoms with Gasteiger partial charge >= 0.3 is 6.03 Å². The molecule has 0 unspecified atom stereocenters. The maximum absolute atomic E-state index is 12.8. The molecule has 2 aliphatic rings. The lowest BCUT2D eigenvalue weighted by atomic mass is 9.84. The summed E-state index contributed by atoms with van der Waals surface area (Å²) in [6.07, 6.45) is 3.04. The van der Waals surface area contributed by atoms with Crippen LogP contribution in [-0.2, 0) is 22.9 Å². The molecule has 1 heterocycles. The van der Waals surface area contributed by atoms with Crippen molar-refractivity contribution >= 4 is 21.7 Å². The Labute approximate surface area is 165 Å². The van der Waals surface area contributed by atoms with Crippen LogP contribution in [0.1, 0.15) is 28.7 Å². The van der Waals surface area contributed by atoms with Crippen LogP contribution in [0.2, 0.25) is 0 Å². The van der Waals surface area contributed by atoms with Gasteiger partial charge < -0.3 is 10.2 Å². The van der Waals surface area contributed by atoms with Crippen LogP contribution in [0.25, 0.3) is 0 Å². The first-order chi connectivity index (χ1) is 13.2. The molecule has 7 heteroatoms. The van der Waals surface area contributed by atoms with Gasteiger partial charge in [0.15, 0.2) is 0 Å². The zero-order chi connectivity index (χ0) is 20.1. The molecule has 1 aliphatic heterocycles. The van der Waals surface area contributed by atoms with E-state index in [4.69, 9.17) is 5.14 Å². The highest BCUT2D eigenvalue weighted by atomic mass is 32.2. The van der Waals surface area contributed by atoms with Gasteiger partial charge in [0.25, 0.3) is 0 Å². The Morgan fingerprint density at radius 1 is 1.11 bits per heavy atom. The van der Waals surface area contributed by atoms with E-state index in [0.29, 0.717) is 16.8 Å². The molecule has 4 rings (SSSR count). The molecular weight excluding hydrogens is 374 g/mol. The van der Waals surface area contributed by atoms with Crippen molar-refractivity contribution < 1.29 is 13.2 Å². The molecule has 1 spiro atoms. The topological polar surface area (TPSA) is 92.5 Å². The van der Waals surface area contributed by atoms with E-state index in [9.17, 15) is 13.2 Å². The molecule has 0 bridgehead atoms. The van der Waals surface area contributed by atoms with Crippen molar-refractivity contribution in [2.75, 3.05) is 18.4 Å². The molecule has 2 aromatic carbocycles. The number of primary sulfonamides is 1. The van der Waals surface area contributed by atoms with Gasteiger partial charge in [-0.1, -0.05) is 24.3 Å². The van der Waals surface area contributed by atoms with Crippen LogP contribution in [-0.4, -0.2) is 32.4 Å². The summed E-state index contributed by atoms with van der Waals surface area (Å²) in [5.41, 5.74) is 4.75. The zero-order valence-electron chi connectivity index (χ0n) is 16.2. The van der Waals surface area contributed by atoms with Crippen molar-refractivity contribution in [1.29, 1.82) is 0 Å². The van der Waals surface area contributed by atoms with E-state index < -0.39 is 10.0 Å². The standard InChI is InChI=1S/C21H25N3O3S/c1-14-10-19(28(22,26)27)15(2)9-18(14)23-20(25)24-8-7-21(13-24)11-16-5-3-4-6-17(16)12-21/h3-6,9-10H,7-8,11-13H2,1-2H3,(H,23,25)(H2,22,26,27). The van der Waals surface area contributed by atoms with Crippen LogP contribution in [0.5, 0.6) is 0 Å². The second-order valence-electron chi connectivity index (χ2n) is 8.20. The molecule has 1 fully saturated rings. The molecule has 6 nitrogen and oxygen atoms in total. The summed E-state index contributed by atoms with van der Waals surface area (Å²) in [6, 6.07) is 11.6. The van der Waals surface area contributed by atoms with E-state index in [0.717, 1.165) is 32.4 Å². The predicted octanol–water partition coefficient (Wildman–Crippen LogP) is 2.97. The number of anilines is 1. The SMILES string of the molecule is Cc1cc(S(N)(=O)=O)c(C)cc1NC(=O)N1CCC2(Cc3ccccc3C2)C1. The van der Waals surface area contributed by atoms with Gasteiger partial charge in [0.1, 0.15) is 0 Å². The number of fused-ring (bicyclic) bond motifs is 1. The van der Waals surface area contributed by atoms with Gasteiger partial charge in [0.2, 0.25) is 10.0 Å². The Morgan fingerprint density at radius 3 is 2.36 bits per heavy atom. The first-order valence-corrected chi connectivity index (χ1v) is 11.0. The molecule has 1 saturated heterocycles. The van der Waals surface area contributed by atoms with Crippen molar-refractivity contribution in [3.05, 3.63) is 58.7 Å². The fourth-order valence-corrected chi connectivity index (χ4v) is 5.44. The van der Waals surface area contributed by atoms with Gasteiger partial charge in [-0.25, -0.2) is 18.4 Å². The maximum Gasteiger partial charge on any atom is 0.321 e. The normalized spacial score (nSPS) is 17.8. The lowest BCUT2D eigenvalue weighted by Crippen LogP contribution is -2.35. The molecule has 2 aromatic rings. The molecule has 3 N–H and O–H groups in total. The van der Waals surface area contributed by atoms with Gasteiger partial charge in [-0.3, -0.25) is 0 Å². The van der Waals surface area contributed by atoms with Crippen molar-refractivity contribution in [2.24, 2.45) is 10.6 Å². The van der Waals surface area contributed by atoms with Gasteiger partial charge in [-0.2, -0.15) is 0 Å². The summed E-state index contributed by atoms with van der Waals surface area (Å²) in [6.45, 7) is 4.91. The Balaban J connectivity index is 1.48. The number of urea groups is 1. The second-order valence-corrected chi connectivity index (χ2v) is 9.73. The highest BCUT2D eigenvalue weighted by molar-refractivity contribution is 7.89. The van der Waals surface area contributed by atoms with Crippen LogP contribution in [0.4, 0.5) is 10.5 Å². The van der Waals surface area contributed by atoms with Crippen molar-refractivity contribution in [2.45, 2.75) is 38.0 Å². The number of amides is 2. The monoisotopic (exact) mass is 399 g/mol. The number of rotatable bonds is 2. The van der Waals surface area contributed by atoms with Crippen LogP contribution >= 0.6 is 0 Å². The Kier molecular flexibility index (Phi) is 4.47. The fourth-order valence-electron chi connectivity index (χ4n) is 4.60. The molecule has 2 amide bonds. The molecule has 0 radical (unpaired) electrons. The number of nitrogens with two attached hydrogens (primary N) is 1. The van der Waals surface area contributed by atoms with Gasteiger partial charge in [-0.15, -0.1) is 0 Å². The second kappa shape index (κ2) is 6.60. The lowest BCUT2D eigenvalue weighted by Gasteiger charge is -2.24. The van der Waals surface area contributed by atoms with Gasteiger partial charge in [0.05, 0.1) is 4.90 Å². The van der Waals surface area contributed by atoms with Gasteiger partial charge in [0, 0.05) is 18.8 Å². The summed E-state index contributed by atoms with van der Waals surface area (Å²) in [4.78, 5) is 14.8. The third kappa shape index (κ3) is 3.40. The maximum atomic E-state index is 12.8. The Morgan fingerprint density at radius 2 is 1.75 bits per heavy atom. The van der Waals surface area contributed by atoms with E-state index in [2.05, 4.69) is 29.6 Å². The average molecular weight is 400 g/mol. The number of hydrogen-bond donors (Lipinski definition) is 2. The Bertz CT molecular complexity index is 1040. The summed E-state index contributed by atoms with van der Waals surface area (Å²) >= 11 is 0. The minimum Gasteiger partial charge on any atom is -0.324 e. The first kappa shape index (κ1) is 19.0. The van der Waals surface area contributed by atoms with Crippen LogP contribution in [0, 0.1) is 19.3 Å². The highest BCUT2D eigenvalue weighted by Crippen LogP contribution is 2.43. The lowest BCUT2D eigenvalue weighted by molar-refractivity contribution is 0.213. The van der Waals surface area contributed by atoms with E-state index in [-0.39, 0.29) is 16.3 Å². The van der Waals surface area contributed by atoms with Crippen LogP contribution in [0.3, 0.4) is 0 Å². The number of sulfonamides is 1. The largest absolute Gasteiger partial charge is 0.324 e. The number of carbonyl (C=O) groups excluding carboxylic acids is 1. The molecule has 28 heavy (non-hydrogen) atoms. The van der Waals surface area contributed by atoms with Crippen LogP contribution in [0.15, 0.2) is 41.3 Å². The number of carbonyl (C=O) groups is 1. The number of hydrogen-bond acceptors (Lipinski definition) is 3. The highest BCUT2D eigenvalue weighted by Gasteiger charge is 2.44. The molecule has 0 atom stereocenters. The molecular formula is C21H25N3O3S. The average Bonchev–Trinajstić information content (AvgIpc) is 3.19.